The maximum Gasteiger partial charge on any atom is 0.0749 e. The fourth-order valence-electron chi connectivity index (χ4n) is 2.34. The maximum atomic E-state index is 10.2. The number of aliphatic hydroxyl groups is 1. The van der Waals surface area contributed by atoms with Crippen LogP contribution in [0.4, 0.5) is 0 Å². The van der Waals surface area contributed by atoms with Crippen LogP contribution in [0, 0.1) is 0 Å². The second kappa shape index (κ2) is 5.65. The number of piperidine rings is 1. The lowest BCUT2D eigenvalue weighted by Gasteiger charge is -2.27. The molecule has 0 aromatic carbocycles. The van der Waals surface area contributed by atoms with Crippen LogP contribution in [-0.2, 0) is 6.42 Å². The van der Waals surface area contributed by atoms with Crippen LogP contribution < -0.4 is 5.32 Å². The van der Waals surface area contributed by atoms with Gasteiger partial charge < -0.3 is 10.4 Å². The van der Waals surface area contributed by atoms with Crippen molar-refractivity contribution in [3.05, 3.63) is 18.0 Å². The molecule has 0 bridgehead atoms. The molecule has 0 radical (unpaired) electrons. The average molecular weight is 237 g/mol. The van der Waals surface area contributed by atoms with Gasteiger partial charge in [0.25, 0.3) is 0 Å². The molecule has 0 spiro atoms. The highest BCUT2D eigenvalue weighted by molar-refractivity contribution is 5.02. The van der Waals surface area contributed by atoms with Crippen molar-refractivity contribution in [1.29, 1.82) is 0 Å². The van der Waals surface area contributed by atoms with Crippen molar-refractivity contribution in [3.63, 3.8) is 0 Å². The van der Waals surface area contributed by atoms with Crippen molar-refractivity contribution in [2.45, 2.75) is 57.7 Å². The first-order chi connectivity index (χ1) is 8.16. The van der Waals surface area contributed by atoms with E-state index in [1.165, 1.54) is 12.8 Å². The summed E-state index contributed by atoms with van der Waals surface area (Å²) in [5.74, 6) is 0. The molecule has 1 aliphatic rings. The van der Waals surface area contributed by atoms with Crippen LogP contribution in [0.1, 0.15) is 44.8 Å². The predicted octanol–water partition coefficient (Wildman–Crippen LogP) is 1.51. The Labute approximate surface area is 103 Å². The first-order valence-electron chi connectivity index (χ1n) is 6.62. The van der Waals surface area contributed by atoms with Gasteiger partial charge in [-0.1, -0.05) is 6.42 Å². The standard InChI is InChI=1S/C13H23N3O/c1-10(2)16-8-6-11(15-16)9-13(17)12-5-3-4-7-14-12/h6,8,10,12-14,17H,3-5,7,9H2,1-2H3. The first-order valence-corrected chi connectivity index (χ1v) is 6.62. The van der Waals surface area contributed by atoms with Crippen LogP contribution in [0.15, 0.2) is 12.3 Å². The second-order valence-corrected chi connectivity index (χ2v) is 5.21. The normalized spacial score (nSPS) is 22.9. The molecular weight excluding hydrogens is 214 g/mol. The predicted molar refractivity (Wildman–Crippen MR) is 68.0 cm³/mol. The number of hydrogen-bond donors (Lipinski definition) is 2. The fraction of sp³-hybridized carbons (Fsp3) is 0.769. The highest BCUT2D eigenvalue weighted by Gasteiger charge is 2.22. The molecule has 1 saturated heterocycles. The molecule has 2 N–H and O–H groups in total. The van der Waals surface area contributed by atoms with E-state index in [9.17, 15) is 5.11 Å². The molecule has 2 atom stereocenters. The minimum absolute atomic E-state index is 0.243. The number of aliphatic hydroxyl groups excluding tert-OH is 1. The van der Waals surface area contributed by atoms with E-state index in [4.69, 9.17) is 0 Å². The van der Waals surface area contributed by atoms with Gasteiger partial charge in [-0.25, -0.2) is 0 Å². The first kappa shape index (κ1) is 12.6. The maximum absolute atomic E-state index is 10.2. The van der Waals surface area contributed by atoms with Crippen molar-refractivity contribution in [2.75, 3.05) is 6.54 Å². The third-order valence-corrected chi connectivity index (χ3v) is 3.42. The Hall–Kier alpha value is -0.870. The summed E-state index contributed by atoms with van der Waals surface area (Å²) in [7, 11) is 0. The monoisotopic (exact) mass is 237 g/mol. The Bertz CT molecular complexity index is 342. The highest BCUT2D eigenvalue weighted by Crippen LogP contribution is 2.14. The number of hydrogen-bond acceptors (Lipinski definition) is 3. The molecule has 96 valence electrons. The lowest BCUT2D eigenvalue weighted by molar-refractivity contribution is 0.112. The zero-order valence-corrected chi connectivity index (χ0v) is 10.8. The summed E-state index contributed by atoms with van der Waals surface area (Å²) < 4.78 is 1.94. The molecule has 17 heavy (non-hydrogen) atoms. The van der Waals surface area contributed by atoms with Crippen molar-refractivity contribution >= 4 is 0 Å². The minimum atomic E-state index is -0.314. The van der Waals surface area contributed by atoms with Crippen molar-refractivity contribution in [3.8, 4) is 0 Å². The van der Waals surface area contributed by atoms with Gasteiger partial charge in [-0.15, -0.1) is 0 Å². The molecular formula is C13H23N3O. The van der Waals surface area contributed by atoms with Gasteiger partial charge in [0.2, 0.25) is 0 Å². The summed E-state index contributed by atoms with van der Waals surface area (Å²) in [6, 6.07) is 2.63. The van der Waals surface area contributed by atoms with E-state index in [0.717, 1.165) is 18.7 Å². The molecule has 4 nitrogen and oxygen atoms in total. The van der Waals surface area contributed by atoms with Gasteiger partial charge in [0.05, 0.1) is 11.8 Å². The Morgan fingerprint density at radius 2 is 2.35 bits per heavy atom. The van der Waals surface area contributed by atoms with Crippen molar-refractivity contribution < 1.29 is 5.11 Å². The van der Waals surface area contributed by atoms with Crippen molar-refractivity contribution in [2.24, 2.45) is 0 Å². The van der Waals surface area contributed by atoms with Crippen LogP contribution in [0.2, 0.25) is 0 Å². The van der Waals surface area contributed by atoms with Crippen molar-refractivity contribution in [1.82, 2.24) is 15.1 Å². The molecule has 2 rings (SSSR count). The molecule has 1 aromatic heterocycles. The van der Waals surface area contributed by atoms with Gasteiger partial charge in [0.1, 0.15) is 0 Å². The van der Waals surface area contributed by atoms with E-state index in [1.54, 1.807) is 0 Å². The Balaban J connectivity index is 1.90. The molecule has 1 aliphatic heterocycles. The molecule has 0 saturated carbocycles. The van der Waals surface area contributed by atoms with Gasteiger partial charge in [-0.2, -0.15) is 5.10 Å². The quantitative estimate of drug-likeness (QED) is 0.834. The van der Waals surface area contributed by atoms with Gasteiger partial charge >= 0.3 is 0 Å². The number of aromatic nitrogens is 2. The minimum Gasteiger partial charge on any atom is -0.391 e. The summed E-state index contributed by atoms with van der Waals surface area (Å²) in [5, 5.41) is 18.0. The summed E-state index contributed by atoms with van der Waals surface area (Å²) in [4.78, 5) is 0. The van der Waals surface area contributed by atoms with E-state index in [2.05, 4.69) is 24.3 Å². The molecule has 2 unspecified atom stereocenters. The zero-order valence-electron chi connectivity index (χ0n) is 10.8. The number of nitrogens with one attached hydrogen (secondary N) is 1. The average Bonchev–Trinajstić information content (AvgIpc) is 2.79. The van der Waals surface area contributed by atoms with Gasteiger partial charge in [-0.3, -0.25) is 4.68 Å². The van der Waals surface area contributed by atoms with Gasteiger partial charge in [0, 0.05) is 24.7 Å². The number of rotatable bonds is 4. The molecule has 1 aromatic rings. The zero-order chi connectivity index (χ0) is 12.3. The summed E-state index contributed by atoms with van der Waals surface area (Å²) >= 11 is 0. The van der Waals surface area contributed by atoms with Crippen LogP contribution in [0.3, 0.4) is 0 Å². The largest absolute Gasteiger partial charge is 0.391 e. The molecule has 0 aliphatic carbocycles. The third kappa shape index (κ3) is 3.30. The van der Waals surface area contributed by atoms with Gasteiger partial charge in [0.15, 0.2) is 0 Å². The molecule has 4 heteroatoms. The Morgan fingerprint density at radius 3 is 2.94 bits per heavy atom. The van der Waals surface area contributed by atoms with Crippen LogP contribution in [0.25, 0.3) is 0 Å². The molecule has 1 fully saturated rings. The van der Waals surface area contributed by atoms with E-state index >= 15 is 0 Å². The fourth-order valence-corrected chi connectivity index (χ4v) is 2.34. The van der Waals surface area contributed by atoms with E-state index in [1.807, 2.05) is 16.9 Å². The number of nitrogens with zero attached hydrogens (tertiary/aromatic N) is 2. The second-order valence-electron chi connectivity index (χ2n) is 5.21. The lowest BCUT2D eigenvalue weighted by Crippen LogP contribution is -2.44. The Kier molecular flexibility index (Phi) is 4.18. The lowest BCUT2D eigenvalue weighted by atomic mass is 9.97. The van der Waals surface area contributed by atoms with Crippen LogP contribution in [0.5, 0.6) is 0 Å². The topological polar surface area (TPSA) is 50.1 Å². The van der Waals surface area contributed by atoms with Gasteiger partial charge in [-0.05, 0) is 39.3 Å². The summed E-state index contributed by atoms with van der Waals surface area (Å²) in [6.07, 6.45) is 5.84. The Morgan fingerprint density at radius 1 is 1.53 bits per heavy atom. The van der Waals surface area contributed by atoms with Crippen LogP contribution >= 0.6 is 0 Å². The van der Waals surface area contributed by atoms with E-state index in [-0.39, 0.29) is 12.1 Å². The van der Waals surface area contributed by atoms with E-state index < -0.39 is 0 Å². The highest BCUT2D eigenvalue weighted by atomic mass is 16.3. The smallest absolute Gasteiger partial charge is 0.0749 e. The van der Waals surface area contributed by atoms with Crippen LogP contribution in [-0.4, -0.2) is 33.6 Å². The summed E-state index contributed by atoms with van der Waals surface area (Å²) in [5.41, 5.74) is 0.985. The SMILES string of the molecule is CC(C)n1ccc(CC(O)C2CCCCN2)n1. The van der Waals surface area contributed by atoms with E-state index in [0.29, 0.717) is 12.5 Å². The molecule has 2 heterocycles. The third-order valence-electron chi connectivity index (χ3n) is 3.42. The molecule has 0 amide bonds. The summed E-state index contributed by atoms with van der Waals surface area (Å²) in [6.45, 7) is 5.24.